The Morgan fingerprint density at radius 2 is 1.78 bits per heavy atom. The van der Waals surface area contributed by atoms with Gasteiger partial charge in [0.1, 0.15) is 0 Å². The first-order valence-corrected chi connectivity index (χ1v) is 3.82. The molecule has 1 saturated carbocycles. The lowest BCUT2D eigenvalue weighted by Crippen LogP contribution is -2.34. The van der Waals surface area contributed by atoms with Crippen molar-refractivity contribution in [1.29, 1.82) is 0 Å². The molecular formula is C8H17N. The summed E-state index contributed by atoms with van der Waals surface area (Å²) in [6.45, 7) is 6.69. The van der Waals surface area contributed by atoms with Crippen LogP contribution in [0, 0.1) is 11.3 Å². The number of nitrogens with two attached hydrogens (primary N) is 1. The van der Waals surface area contributed by atoms with Gasteiger partial charge in [0, 0.05) is 6.04 Å². The minimum absolute atomic E-state index is 0.428. The van der Waals surface area contributed by atoms with Gasteiger partial charge in [-0.05, 0) is 24.2 Å². The van der Waals surface area contributed by atoms with Crippen LogP contribution in [0.5, 0.6) is 0 Å². The molecule has 1 nitrogen and oxygen atoms in total. The first-order valence-electron chi connectivity index (χ1n) is 3.82. The molecule has 1 heteroatoms. The van der Waals surface area contributed by atoms with E-state index in [0.717, 1.165) is 0 Å². The van der Waals surface area contributed by atoms with Crippen molar-refractivity contribution in [3.8, 4) is 0 Å². The number of rotatable bonds is 2. The molecule has 0 aromatic heterocycles. The van der Waals surface area contributed by atoms with Crippen LogP contribution in [0.3, 0.4) is 0 Å². The smallest absolute Gasteiger partial charge is 0.0116 e. The minimum Gasteiger partial charge on any atom is -0.327 e. The van der Waals surface area contributed by atoms with Crippen LogP contribution >= 0.6 is 0 Å². The Hall–Kier alpha value is -0.0400. The number of hydrogen-bond acceptors (Lipinski definition) is 1. The summed E-state index contributed by atoms with van der Waals surface area (Å²) in [5, 5.41) is 0. The van der Waals surface area contributed by atoms with Crippen LogP contribution in [0.1, 0.15) is 33.6 Å². The Morgan fingerprint density at radius 1 is 1.33 bits per heavy atom. The molecule has 0 unspecified atom stereocenters. The lowest BCUT2D eigenvalue weighted by Gasteiger charge is -2.22. The summed E-state index contributed by atoms with van der Waals surface area (Å²) in [6, 6.07) is 0.428. The molecule has 0 aromatic carbocycles. The SMILES string of the molecule is CC(C)[C@H](N)C1(C)CC1. The van der Waals surface area contributed by atoms with E-state index >= 15 is 0 Å². The highest BCUT2D eigenvalue weighted by molar-refractivity contribution is 4.98. The summed E-state index contributed by atoms with van der Waals surface area (Å²) in [4.78, 5) is 0. The van der Waals surface area contributed by atoms with Crippen LogP contribution in [0.25, 0.3) is 0 Å². The van der Waals surface area contributed by atoms with Crippen LogP contribution in [-0.2, 0) is 0 Å². The second-order valence-corrected chi connectivity index (χ2v) is 3.92. The Balaban J connectivity index is 2.42. The minimum atomic E-state index is 0.428. The van der Waals surface area contributed by atoms with Gasteiger partial charge >= 0.3 is 0 Å². The van der Waals surface area contributed by atoms with E-state index in [0.29, 0.717) is 17.4 Å². The third kappa shape index (κ3) is 1.26. The molecule has 1 atom stereocenters. The second kappa shape index (κ2) is 1.98. The molecule has 0 heterocycles. The second-order valence-electron chi connectivity index (χ2n) is 3.92. The molecular weight excluding hydrogens is 110 g/mol. The van der Waals surface area contributed by atoms with Crippen molar-refractivity contribution >= 4 is 0 Å². The Labute approximate surface area is 57.6 Å². The molecule has 1 aliphatic carbocycles. The zero-order valence-corrected chi connectivity index (χ0v) is 6.65. The molecule has 0 radical (unpaired) electrons. The van der Waals surface area contributed by atoms with Crippen LogP contribution < -0.4 is 5.73 Å². The van der Waals surface area contributed by atoms with Gasteiger partial charge in [0.05, 0.1) is 0 Å². The van der Waals surface area contributed by atoms with Gasteiger partial charge < -0.3 is 5.73 Å². The van der Waals surface area contributed by atoms with Crippen LogP contribution in [0.2, 0.25) is 0 Å². The van der Waals surface area contributed by atoms with E-state index in [1.165, 1.54) is 12.8 Å². The van der Waals surface area contributed by atoms with Gasteiger partial charge in [-0.15, -0.1) is 0 Å². The highest BCUT2D eigenvalue weighted by Crippen LogP contribution is 2.49. The quantitative estimate of drug-likeness (QED) is 0.601. The predicted octanol–water partition coefficient (Wildman–Crippen LogP) is 1.77. The predicted molar refractivity (Wildman–Crippen MR) is 40.2 cm³/mol. The maximum Gasteiger partial charge on any atom is 0.0116 e. The maximum atomic E-state index is 5.96. The van der Waals surface area contributed by atoms with Crippen molar-refractivity contribution in [2.75, 3.05) is 0 Å². The highest BCUT2D eigenvalue weighted by Gasteiger charge is 2.43. The fraction of sp³-hybridized carbons (Fsp3) is 1.00. The average Bonchev–Trinajstić information content (AvgIpc) is 2.47. The van der Waals surface area contributed by atoms with Crippen molar-refractivity contribution < 1.29 is 0 Å². The van der Waals surface area contributed by atoms with Crippen molar-refractivity contribution in [3.63, 3.8) is 0 Å². The topological polar surface area (TPSA) is 26.0 Å². The van der Waals surface area contributed by atoms with E-state index in [-0.39, 0.29) is 0 Å². The Bertz CT molecular complexity index is 103. The molecule has 0 aromatic rings. The van der Waals surface area contributed by atoms with Crippen LogP contribution in [0.4, 0.5) is 0 Å². The van der Waals surface area contributed by atoms with Crippen molar-refractivity contribution in [2.24, 2.45) is 17.1 Å². The molecule has 1 aliphatic rings. The monoisotopic (exact) mass is 127 g/mol. The van der Waals surface area contributed by atoms with E-state index in [1.807, 2.05) is 0 Å². The van der Waals surface area contributed by atoms with Gasteiger partial charge in [0.25, 0.3) is 0 Å². The molecule has 0 saturated heterocycles. The molecule has 9 heavy (non-hydrogen) atoms. The van der Waals surface area contributed by atoms with E-state index in [1.54, 1.807) is 0 Å². The van der Waals surface area contributed by atoms with Gasteiger partial charge in [-0.2, -0.15) is 0 Å². The standard InChI is InChI=1S/C8H17N/c1-6(2)7(9)8(3)4-5-8/h6-7H,4-5,9H2,1-3H3/t7-/m0/s1. The van der Waals surface area contributed by atoms with Gasteiger partial charge in [-0.25, -0.2) is 0 Å². The number of hydrogen-bond donors (Lipinski definition) is 1. The first kappa shape index (κ1) is 7.07. The van der Waals surface area contributed by atoms with Crippen LogP contribution in [0.15, 0.2) is 0 Å². The molecule has 0 bridgehead atoms. The lowest BCUT2D eigenvalue weighted by molar-refractivity contribution is 0.345. The average molecular weight is 127 g/mol. The van der Waals surface area contributed by atoms with Gasteiger partial charge in [-0.1, -0.05) is 20.8 Å². The summed E-state index contributed by atoms with van der Waals surface area (Å²) >= 11 is 0. The molecule has 0 aliphatic heterocycles. The fourth-order valence-corrected chi connectivity index (χ4v) is 1.34. The Morgan fingerprint density at radius 3 is 1.89 bits per heavy atom. The zero-order valence-electron chi connectivity index (χ0n) is 6.65. The van der Waals surface area contributed by atoms with E-state index < -0.39 is 0 Å². The van der Waals surface area contributed by atoms with Gasteiger partial charge in [0.2, 0.25) is 0 Å². The van der Waals surface area contributed by atoms with Crippen LogP contribution in [-0.4, -0.2) is 6.04 Å². The van der Waals surface area contributed by atoms with E-state index in [9.17, 15) is 0 Å². The van der Waals surface area contributed by atoms with Crippen molar-refractivity contribution in [3.05, 3.63) is 0 Å². The summed E-state index contributed by atoms with van der Waals surface area (Å²) in [6.07, 6.45) is 2.68. The van der Waals surface area contributed by atoms with E-state index in [4.69, 9.17) is 5.73 Å². The zero-order chi connectivity index (χ0) is 7.07. The lowest BCUT2D eigenvalue weighted by atomic mass is 9.90. The van der Waals surface area contributed by atoms with Crippen molar-refractivity contribution in [1.82, 2.24) is 0 Å². The molecule has 54 valence electrons. The van der Waals surface area contributed by atoms with Crippen molar-refractivity contribution in [2.45, 2.75) is 39.7 Å². The molecule has 0 amide bonds. The fourth-order valence-electron chi connectivity index (χ4n) is 1.34. The van der Waals surface area contributed by atoms with E-state index in [2.05, 4.69) is 20.8 Å². The largest absolute Gasteiger partial charge is 0.327 e. The molecule has 1 rings (SSSR count). The highest BCUT2D eigenvalue weighted by atomic mass is 14.7. The molecule has 2 N–H and O–H groups in total. The molecule has 1 fully saturated rings. The maximum absolute atomic E-state index is 5.96. The third-order valence-electron chi connectivity index (χ3n) is 2.56. The molecule has 0 spiro atoms. The third-order valence-corrected chi connectivity index (χ3v) is 2.56. The summed E-state index contributed by atoms with van der Waals surface area (Å²) in [5.41, 5.74) is 6.46. The first-order chi connectivity index (χ1) is 4.06. The normalized spacial score (nSPS) is 26.3. The summed E-state index contributed by atoms with van der Waals surface area (Å²) in [5.74, 6) is 0.650. The van der Waals surface area contributed by atoms with Gasteiger partial charge in [-0.3, -0.25) is 0 Å². The summed E-state index contributed by atoms with van der Waals surface area (Å²) < 4.78 is 0. The Kier molecular flexibility index (Phi) is 1.55. The van der Waals surface area contributed by atoms with Gasteiger partial charge in [0.15, 0.2) is 0 Å². The summed E-state index contributed by atoms with van der Waals surface area (Å²) in [7, 11) is 0.